The second-order valence-electron chi connectivity index (χ2n) is 4.73. The average molecular weight is 311 g/mol. The van der Waals surface area contributed by atoms with Gasteiger partial charge in [0.2, 0.25) is 0 Å². The smallest absolute Gasteiger partial charge is 0.175 e. The Morgan fingerprint density at radius 1 is 1.05 bits per heavy atom. The molecule has 0 fully saturated rings. The van der Waals surface area contributed by atoms with Gasteiger partial charge in [0.25, 0.3) is 0 Å². The van der Waals surface area contributed by atoms with Crippen molar-refractivity contribution in [2.45, 2.75) is 10.9 Å². The van der Waals surface area contributed by atoms with E-state index in [4.69, 9.17) is 0 Å². The molecule has 0 spiro atoms. The van der Waals surface area contributed by atoms with E-state index >= 15 is 0 Å². The lowest BCUT2D eigenvalue weighted by Crippen LogP contribution is -2.19. The molecule has 0 aliphatic carbocycles. The highest BCUT2D eigenvalue weighted by atomic mass is 32.2. The molecule has 0 amide bonds. The molecule has 0 saturated carbocycles. The molecule has 2 aromatic rings. The van der Waals surface area contributed by atoms with Gasteiger partial charge in [-0.25, -0.2) is 17.2 Å². The van der Waals surface area contributed by atoms with Gasteiger partial charge in [0, 0.05) is 17.9 Å². The first-order valence-electron chi connectivity index (χ1n) is 6.25. The van der Waals surface area contributed by atoms with Crippen molar-refractivity contribution < 1.29 is 17.2 Å². The van der Waals surface area contributed by atoms with Crippen LogP contribution in [0.15, 0.2) is 47.4 Å². The molecule has 2 aromatic carbocycles. The van der Waals surface area contributed by atoms with Crippen LogP contribution in [0.25, 0.3) is 0 Å². The topological polar surface area (TPSA) is 46.2 Å². The third-order valence-electron chi connectivity index (χ3n) is 3.20. The van der Waals surface area contributed by atoms with Gasteiger partial charge in [0.05, 0.1) is 10.9 Å². The molecule has 112 valence electrons. The number of nitrogens with one attached hydrogen (secondary N) is 1. The Balaban J connectivity index is 2.42. The molecule has 1 atom stereocenters. The Hall–Kier alpha value is -1.79. The van der Waals surface area contributed by atoms with Gasteiger partial charge in [0.15, 0.2) is 9.84 Å². The highest BCUT2D eigenvalue weighted by Crippen LogP contribution is 2.25. The SMILES string of the molecule is CNC(c1ccc(S(C)(=O)=O)cc1)c1ccc(F)cc1F. The Kier molecular flexibility index (Phi) is 4.39. The molecule has 0 aromatic heterocycles. The van der Waals surface area contributed by atoms with Crippen LogP contribution in [-0.4, -0.2) is 21.7 Å². The lowest BCUT2D eigenvalue weighted by atomic mass is 9.98. The highest BCUT2D eigenvalue weighted by molar-refractivity contribution is 7.90. The van der Waals surface area contributed by atoms with Crippen LogP contribution in [0.5, 0.6) is 0 Å². The predicted octanol–water partition coefficient (Wildman–Crippen LogP) is 2.68. The normalized spacial score (nSPS) is 13.1. The van der Waals surface area contributed by atoms with Crippen LogP contribution >= 0.6 is 0 Å². The molecular formula is C15H15F2NO2S. The number of hydrogen-bond donors (Lipinski definition) is 1. The van der Waals surface area contributed by atoms with Gasteiger partial charge in [-0.1, -0.05) is 18.2 Å². The number of sulfone groups is 1. The maximum atomic E-state index is 13.9. The molecule has 2 rings (SSSR count). The first kappa shape index (κ1) is 15.6. The van der Waals surface area contributed by atoms with Crippen molar-refractivity contribution in [3.63, 3.8) is 0 Å². The fourth-order valence-electron chi connectivity index (χ4n) is 2.14. The van der Waals surface area contributed by atoms with Gasteiger partial charge in [-0.3, -0.25) is 0 Å². The number of hydrogen-bond acceptors (Lipinski definition) is 3. The quantitative estimate of drug-likeness (QED) is 0.944. The van der Waals surface area contributed by atoms with E-state index < -0.39 is 27.5 Å². The minimum Gasteiger partial charge on any atom is -0.309 e. The van der Waals surface area contributed by atoms with Crippen molar-refractivity contribution in [1.29, 1.82) is 0 Å². The maximum Gasteiger partial charge on any atom is 0.175 e. The molecule has 0 bridgehead atoms. The fraction of sp³-hybridized carbons (Fsp3) is 0.200. The van der Waals surface area contributed by atoms with Crippen molar-refractivity contribution in [1.82, 2.24) is 5.32 Å². The summed E-state index contributed by atoms with van der Waals surface area (Å²) < 4.78 is 49.7. The fourth-order valence-corrected chi connectivity index (χ4v) is 2.78. The Labute approximate surface area is 122 Å². The van der Waals surface area contributed by atoms with E-state index in [2.05, 4.69) is 5.32 Å². The van der Waals surface area contributed by atoms with E-state index in [1.165, 1.54) is 24.3 Å². The van der Waals surface area contributed by atoms with Crippen molar-refractivity contribution in [2.75, 3.05) is 13.3 Å². The lowest BCUT2D eigenvalue weighted by Gasteiger charge is -2.18. The molecule has 1 N–H and O–H groups in total. The van der Waals surface area contributed by atoms with Crippen LogP contribution in [-0.2, 0) is 9.84 Å². The second-order valence-corrected chi connectivity index (χ2v) is 6.74. The molecule has 0 radical (unpaired) electrons. The number of rotatable bonds is 4. The molecule has 0 aliphatic heterocycles. The van der Waals surface area contributed by atoms with Crippen molar-refractivity contribution in [3.05, 3.63) is 65.2 Å². The van der Waals surface area contributed by atoms with Crippen LogP contribution in [0.4, 0.5) is 8.78 Å². The third-order valence-corrected chi connectivity index (χ3v) is 4.33. The van der Waals surface area contributed by atoms with E-state index in [9.17, 15) is 17.2 Å². The van der Waals surface area contributed by atoms with Crippen LogP contribution in [0.3, 0.4) is 0 Å². The summed E-state index contributed by atoms with van der Waals surface area (Å²) in [5.74, 6) is -1.29. The zero-order valence-corrected chi connectivity index (χ0v) is 12.4. The first-order valence-corrected chi connectivity index (χ1v) is 8.14. The molecule has 1 unspecified atom stereocenters. The van der Waals surface area contributed by atoms with E-state index in [0.29, 0.717) is 11.1 Å². The maximum absolute atomic E-state index is 13.9. The predicted molar refractivity (Wildman–Crippen MR) is 76.8 cm³/mol. The second kappa shape index (κ2) is 5.91. The van der Waals surface area contributed by atoms with E-state index in [0.717, 1.165) is 12.3 Å². The Morgan fingerprint density at radius 2 is 1.67 bits per heavy atom. The van der Waals surface area contributed by atoms with Gasteiger partial charge in [-0.2, -0.15) is 0 Å². The summed E-state index contributed by atoms with van der Waals surface area (Å²) in [6.45, 7) is 0. The summed E-state index contributed by atoms with van der Waals surface area (Å²) in [7, 11) is -1.62. The highest BCUT2D eigenvalue weighted by Gasteiger charge is 2.17. The van der Waals surface area contributed by atoms with Crippen molar-refractivity contribution >= 4 is 9.84 Å². The molecule has 0 saturated heterocycles. The molecule has 21 heavy (non-hydrogen) atoms. The first-order chi connectivity index (χ1) is 9.82. The zero-order valence-electron chi connectivity index (χ0n) is 11.6. The number of halogens is 2. The van der Waals surface area contributed by atoms with Gasteiger partial charge in [-0.15, -0.1) is 0 Å². The van der Waals surface area contributed by atoms with Gasteiger partial charge in [0.1, 0.15) is 11.6 Å². The van der Waals surface area contributed by atoms with Crippen LogP contribution in [0.2, 0.25) is 0 Å². The molecule has 3 nitrogen and oxygen atoms in total. The van der Waals surface area contributed by atoms with E-state index in [1.807, 2.05) is 0 Å². The Bertz CT molecular complexity index is 743. The van der Waals surface area contributed by atoms with Crippen molar-refractivity contribution in [2.24, 2.45) is 0 Å². The summed E-state index contributed by atoms with van der Waals surface area (Å²) in [6.07, 6.45) is 1.12. The van der Waals surface area contributed by atoms with Gasteiger partial charge in [-0.05, 0) is 30.8 Å². The largest absolute Gasteiger partial charge is 0.309 e. The molecule has 0 aliphatic rings. The number of benzene rings is 2. The summed E-state index contributed by atoms with van der Waals surface area (Å²) >= 11 is 0. The van der Waals surface area contributed by atoms with Gasteiger partial charge >= 0.3 is 0 Å². The summed E-state index contributed by atoms with van der Waals surface area (Å²) in [5, 5.41) is 2.94. The average Bonchev–Trinajstić information content (AvgIpc) is 2.41. The van der Waals surface area contributed by atoms with Gasteiger partial charge < -0.3 is 5.32 Å². The monoisotopic (exact) mass is 311 g/mol. The Morgan fingerprint density at radius 3 is 2.14 bits per heavy atom. The van der Waals surface area contributed by atoms with Crippen LogP contribution in [0.1, 0.15) is 17.2 Å². The van der Waals surface area contributed by atoms with Crippen LogP contribution in [0, 0.1) is 11.6 Å². The zero-order chi connectivity index (χ0) is 15.6. The lowest BCUT2D eigenvalue weighted by molar-refractivity contribution is 0.551. The molecule has 6 heteroatoms. The molecule has 0 heterocycles. The van der Waals surface area contributed by atoms with Crippen molar-refractivity contribution in [3.8, 4) is 0 Å². The molecular weight excluding hydrogens is 296 g/mol. The third kappa shape index (κ3) is 3.46. The summed E-state index contributed by atoms with van der Waals surface area (Å²) in [6, 6.07) is 9.06. The summed E-state index contributed by atoms with van der Waals surface area (Å²) in [5.41, 5.74) is 0.987. The van der Waals surface area contributed by atoms with E-state index in [1.54, 1.807) is 19.2 Å². The minimum absolute atomic E-state index is 0.195. The summed E-state index contributed by atoms with van der Waals surface area (Å²) in [4.78, 5) is 0.195. The minimum atomic E-state index is -3.27. The van der Waals surface area contributed by atoms with E-state index in [-0.39, 0.29) is 4.90 Å². The standard InChI is InChI=1S/C15H15F2NO2S/c1-18-15(13-8-5-11(16)9-14(13)17)10-3-6-12(7-4-10)21(2,19)20/h3-9,15,18H,1-2H3. The van der Waals surface area contributed by atoms with Crippen LogP contribution < -0.4 is 5.32 Å².